The fourth-order valence-electron chi connectivity index (χ4n) is 0.953. The summed E-state index contributed by atoms with van der Waals surface area (Å²) in [5.74, 6) is 4.93. The summed E-state index contributed by atoms with van der Waals surface area (Å²) in [4.78, 5) is 11.9. The monoisotopic (exact) mass is 200 g/mol. The van der Waals surface area contributed by atoms with Crippen molar-refractivity contribution in [2.45, 2.75) is 13.8 Å². The van der Waals surface area contributed by atoms with E-state index in [1.54, 1.807) is 6.92 Å². The van der Waals surface area contributed by atoms with E-state index in [2.05, 4.69) is 5.43 Å². The number of carbonyl (C=O) groups excluding carboxylic acids is 1. The molecule has 0 atom stereocenters. The lowest BCUT2D eigenvalue weighted by molar-refractivity contribution is 0.0531. The second-order valence-corrected chi connectivity index (χ2v) is 3.54. The maximum absolute atomic E-state index is 11.3. The zero-order chi connectivity index (χ0) is 9.84. The number of ether oxygens (including phenoxy) is 1. The molecule has 0 spiro atoms. The van der Waals surface area contributed by atoms with Crippen LogP contribution in [0.4, 0.5) is 5.00 Å². The first kappa shape index (κ1) is 10.0. The number of aryl methyl sites for hydroxylation is 1. The van der Waals surface area contributed by atoms with E-state index in [1.807, 2.05) is 13.0 Å². The molecule has 1 rings (SSSR count). The van der Waals surface area contributed by atoms with Gasteiger partial charge in [0.05, 0.1) is 6.61 Å². The fourth-order valence-corrected chi connectivity index (χ4v) is 1.83. The first-order chi connectivity index (χ1) is 6.19. The first-order valence-electron chi connectivity index (χ1n) is 3.93. The van der Waals surface area contributed by atoms with Gasteiger partial charge in [-0.05, 0) is 25.5 Å². The van der Waals surface area contributed by atoms with Crippen LogP contribution in [0, 0.1) is 6.92 Å². The van der Waals surface area contributed by atoms with E-state index in [9.17, 15) is 4.79 Å². The van der Waals surface area contributed by atoms with Crippen LogP contribution in [0.5, 0.6) is 0 Å². The van der Waals surface area contributed by atoms with Gasteiger partial charge in [0.15, 0.2) is 0 Å². The van der Waals surface area contributed by atoms with Crippen molar-refractivity contribution < 1.29 is 9.53 Å². The van der Waals surface area contributed by atoms with Crippen molar-refractivity contribution in [2.24, 2.45) is 5.84 Å². The number of esters is 1. The Morgan fingerprint density at radius 3 is 2.92 bits per heavy atom. The van der Waals surface area contributed by atoms with Crippen LogP contribution in [0.25, 0.3) is 0 Å². The van der Waals surface area contributed by atoms with Crippen LogP contribution in [0.2, 0.25) is 0 Å². The molecule has 0 saturated carbocycles. The van der Waals surface area contributed by atoms with Crippen molar-refractivity contribution in [1.82, 2.24) is 0 Å². The van der Waals surface area contributed by atoms with Gasteiger partial charge in [-0.25, -0.2) is 10.6 Å². The van der Waals surface area contributed by atoms with Crippen LogP contribution in [0.3, 0.4) is 0 Å². The summed E-state index contributed by atoms with van der Waals surface area (Å²) < 4.78 is 4.87. The third-order valence-corrected chi connectivity index (χ3v) is 2.67. The minimum Gasteiger partial charge on any atom is -0.462 e. The Labute approximate surface area is 80.7 Å². The molecule has 72 valence electrons. The molecule has 0 aliphatic carbocycles. The highest BCUT2D eigenvalue weighted by atomic mass is 32.1. The summed E-state index contributed by atoms with van der Waals surface area (Å²) in [6.07, 6.45) is 0. The van der Waals surface area contributed by atoms with E-state index in [0.717, 1.165) is 10.6 Å². The molecule has 5 heteroatoms. The normalized spacial score (nSPS) is 9.77. The lowest BCUT2D eigenvalue weighted by Crippen LogP contribution is -2.04. The number of nitrogens with two attached hydrogens (primary N) is 1. The number of nitrogen functional groups attached to an aromatic ring is 1. The summed E-state index contributed by atoms with van der Waals surface area (Å²) >= 11 is 1.30. The maximum Gasteiger partial charge on any atom is 0.348 e. The van der Waals surface area contributed by atoms with E-state index in [0.29, 0.717) is 11.5 Å². The van der Waals surface area contributed by atoms with E-state index in [1.165, 1.54) is 11.3 Å². The van der Waals surface area contributed by atoms with Crippen molar-refractivity contribution in [3.05, 3.63) is 16.5 Å². The zero-order valence-corrected chi connectivity index (χ0v) is 8.40. The first-order valence-corrected chi connectivity index (χ1v) is 4.74. The van der Waals surface area contributed by atoms with Crippen molar-refractivity contribution >= 4 is 22.3 Å². The second-order valence-electron chi connectivity index (χ2n) is 2.49. The Bertz CT molecular complexity index is 309. The standard InChI is InChI=1S/C8H12N2O2S/c1-3-12-8(11)7-5(2)4-6(10-9)13-7/h4,10H,3,9H2,1-2H3. The van der Waals surface area contributed by atoms with E-state index < -0.39 is 0 Å². The molecule has 0 amide bonds. The minimum atomic E-state index is -0.286. The van der Waals surface area contributed by atoms with E-state index in [-0.39, 0.29) is 5.97 Å². The molecule has 0 aliphatic heterocycles. The smallest absolute Gasteiger partial charge is 0.348 e. The predicted octanol–water partition coefficient (Wildman–Crippen LogP) is 1.52. The Hall–Kier alpha value is -1.07. The van der Waals surface area contributed by atoms with Gasteiger partial charge in [0.1, 0.15) is 9.88 Å². The minimum absolute atomic E-state index is 0.286. The summed E-state index contributed by atoms with van der Waals surface area (Å²) in [5.41, 5.74) is 3.38. The topological polar surface area (TPSA) is 64.3 Å². The molecule has 0 fully saturated rings. The van der Waals surface area contributed by atoms with Gasteiger partial charge >= 0.3 is 5.97 Å². The zero-order valence-electron chi connectivity index (χ0n) is 7.59. The van der Waals surface area contributed by atoms with Crippen LogP contribution in [-0.4, -0.2) is 12.6 Å². The highest BCUT2D eigenvalue weighted by molar-refractivity contribution is 7.18. The van der Waals surface area contributed by atoms with Crippen molar-refractivity contribution in [1.29, 1.82) is 0 Å². The number of carbonyl (C=O) groups is 1. The van der Waals surface area contributed by atoms with Gasteiger partial charge in [0.25, 0.3) is 0 Å². The Balaban J connectivity index is 2.87. The van der Waals surface area contributed by atoms with Crippen LogP contribution in [0.1, 0.15) is 22.2 Å². The molecule has 4 nitrogen and oxygen atoms in total. The molecule has 1 aromatic heterocycles. The molecule has 3 N–H and O–H groups in total. The molecule has 1 heterocycles. The molecule has 0 radical (unpaired) electrons. The van der Waals surface area contributed by atoms with Crippen molar-refractivity contribution in [3.8, 4) is 0 Å². The average Bonchev–Trinajstić information content (AvgIpc) is 2.47. The van der Waals surface area contributed by atoms with Crippen LogP contribution in [0.15, 0.2) is 6.07 Å². The number of nitrogens with one attached hydrogen (secondary N) is 1. The Kier molecular flexibility index (Phi) is 3.27. The quantitative estimate of drug-likeness (QED) is 0.441. The number of rotatable bonds is 3. The van der Waals surface area contributed by atoms with Crippen LogP contribution < -0.4 is 11.3 Å². The molecule has 13 heavy (non-hydrogen) atoms. The molecular formula is C8H12N2O2S. The number of anilines is 1. The molecular weight excluding hydrogens is 188 g/mol. The van der Waals surface area contributed by atoms with Crippen molar-refractivity contribution in [2.75, 3.05) is 12.0 Å². The number of hydrazine groups is 1. The highest BCUT2D eigenvalue weighted by Gasteiger charge is 2.13. The number of hydrogen-bond acceptors (Lipinski definition) is 5. The van der Waals surface area contributed by atoms with Gasteiger partial charge in [-0.15, -0.1) is 11.3 Å². The molecule has 0 aliphatic rings. The molecule has 0 bridgehead atoms. The van der Waals surface area contributed by atoms with Gasteiger partial charge in [-0.1, -0.05) is 0 Å². The van der Waals surface area contributed by atoms with Crippen LogP contribution in [-0.2, 0) is 4.74 Å². The van der Waals surface area contributed by atoms with Gasteiger partial charge < -0.3 is 10.2 Å². The largest absolute Gasteiger partial charge is 0.462 e. The average molecular weight is 200 g/mol. The van der Waals surface area contributed by atoms with E-state index >= 15 is 0 Å². The van der Waals surface area contributed by atoms with Gasteiger partial charge in [0, 0.05) is 0 Å². The second kappa shape index (κ2) is 4.25. The summed E-state index contributed by atoms with van der Waals surface area (Å²) in [6, 6.07) is 1.82. The lowest BCUT2D eigenvalue weighted by atomic mass is 10.3. The fraction of sp³-hybridized carbons (Fsp3) is 0.375. The summed E-state index contributed by atoms with van der Waals surface area (Å²) in [6.45, 7) is 4.02. The molecule has 0 aromatic carbocycles. The number of thiophene rings is 1. The van der Waals surface area contributed by atoms with Crippen molar-refractivity contribution in [3.63, 3.8) is 0 Å². The third-order valence-electron chi connectivity index (χ3n) is 1.52. The van der Waals surface area contributed by atoms with Crippen LogP contribution >= 0.6 is 11.3 Å². The SMILES string of the molecule is CCOC(=O)c1sc(NN)cc1C. The summed E-state index contributed by atoms with van der Waals surface area (Å²) in [7, 11) is 0. The lowest BCUT2D eigenvalue weighted by Gasteiger charge is -1.98. The molecule has 0 saturated heterocycles. The Morgan fingerprint density at radius 2 is 2.46 bits per heavy atom. The highest BCUT2D eigenvalue weighted by Crippen LogP contribution is 2.26. The van der Waals surface area contributed by atoms with E-state index in [4.69, 9.17) is 10.6 Å². The molecule has 0 unspecified atom stereocenters. The number of hydrogen-bond donors (Lipinski definition) is 2. The third kappa shape index (κ3) is 2.19. The van der Waals surface area contributed by atoms with Gasteiger partial charge in [0.2, 0.25) is 0 Å². The molecule has 1 aromatic rings. The Morgan fingerprint density at radius 1 is 1.77 bits per heavy atom. The summed E-state index contributed by atoms with van der Waals surface area (Å²) in [5, 5.41) is 0.764. The maximum atomic E-state index is 11.3. The predicted molar refractivity (Wildman–Crippen MR) is 52.8 cm³/mol. The van der Waals surface area contributed by atoms with Gasteiger partial charge in [-0.2, -0.15) is 0 Å². The van der Waals surface area contributed by atoms with Gasteiger partial charge in [-0.3, -0.25) is 0 Å².